The number of hydrogen-bond acceptors (Lipinski definition) is 3. The summed E-state index contributed by atoms with van der Waals surface area (Å²) in [5.74, 6) is 0.731. The van der Waals surface area contributed by atoms with Crippen molar-refractivity contribution in [2.45, 2.75) is 6.92 Å². The molecule has 1 rings (SSSR count). The number of allylic oxidation sites excluding steroid dienone is 1. The molecule has 0 saturated heterocycles. The van der Waals surface area contributed by atoms with Crippen molar-refractivity contribution in [3.63, 3.8) is 0 Å². The zero-order chi connectivity index (χ0) is 8.27. The predicted molar refractivity (Wildman–Crippen MR) is 41.2 cm³/mol. The summed E-state index contributed by atoms with van der Waals surface area (Å²) in [5.41, 5.74) is 6.76. The number of nitrogens with zero attached hydrogens (tertiary/aromatic N) is 1. The molecule has 0 aliphatic carbocycles. The van der Waals surface area contributed by atoms with E-state index < -0.39 is 0 Å². The molecule has 11 heavy (non-hydrogen) atoms. The van der Waals surface area contributed by atoms with Gasteiger partial charge in [-0.05, 0) is 13.0 Å². The molecule has 1 aromatic rings. The fourth-order valence-electron chi connectivity index (χ4n) is 0.832. The van der Waals surface area contributed by atoms with Gasteiger partial charge in [0.2, 0.25) is 0 Å². The fourth-order valence-corrected chi connectivity index (χ4v) is 0.832. The summed E-state index contributed by atoms with van der Waals surface area (Å²) in [7, 11) is 0. The van der Waals surface area contributed by atoms with E-state index in [1.54, 1.807) is 19.3 Å². The molecule has 3 nitrogen and oxygen atoms in total. The molecule has 1 aromatic heterocycles. The van der Waals surface area contributed by atoms with Crippen molar-refractivity contribution in [2.75, 3.05) is 0 Å². The number of rotatable bonds is 1. The second-order valence-electron chi connectivity index (χ2n) is 2.12. The summed E-state index contributed by atoms with van der Waals surface area (Å²) < 4.78 is 5.00. The Morgan fingerprint density at radius 1 is 1.82 bits per heavy atom. The van der Waals surface area contributed by atoms with E-state index >= 15 is 0 Å². The van der Waals surface area contributed by atoms with Gasteiger partial charge >= 0.3 is 0 Å². The highest BCUT2D eigenvalue weighted by molar-refractivity contribution is 5.65. The van der Waals surface area contributed by atoms with E-state index in [-0.39, 0.29) is 0 Å². The van der Waals surface area contributed by atoms with Gasteiger partial charge in [-0.15, -0.1) is 0 Å². The lowest BCUT2D eigenvalue weighted by Gasteiger charge is -1.94. The Labute approximate surface area is 64.7 Å². The molecule has 2 N–H and O–H groups in total. The van der Waals surface area contributed by atoms with Crippen molar-refractivity contribution in [2.24, 2.45) is 5.73 Å². The summed E-state index contributed by atoms with van der Waals surface area (Å²) in [6.45, 7) is 1.80. The van der Waals surface area contributed by atoms with Gasteiger partial charge in [-0.2, -0.15) is 5.26 Å². The van der Waals surface area contributed by atoms with Crippen LogP contribution < -0.4 is 5.73 Å². The van der Waals surface area contributed by atoms with Crippen LogP contribution in [0.15, 0.2) is 22.8 Å². The minimum atomic E-state index is 0.443. The second kappa shape index (κ2) is 2.93. The smallest absolute Gasteiger partial charge is 0.109 e. The number of nitriles is 1. The molecule has 0 amide bonds. The molecule has 0 fully saturated rings. The highest BCUT2D eigenvalue weighted by Gasteiger charge is 2.02. The molecular weight excluding hydrogens is 140 g/mol. The van der Waals surface area contributed by atoms with Crippen molar-refractivity contribution < 1.29 is 4.42 Å². The molecule has 0 aliphatic heterocycles. The zero-order valence-corrected chi connectivity index (χ0v) is 6.16. The Morgan fingerprint density at radius 3 is 3.00 bits per heavy atom. The molecule has 0 atom stereocenters. The van der Waals surface area contributed by atoms with Crippen LogP contribution in [0.4, 0.5) is 0 Å². The van der Waals surface area contributed by atoms with Gasteiger partial charge in [0.05, 0.1) is 18.0 Å². The van der Waals surface area contributed by atoms with Crippen LogP contribution in [0, 0.1) is 18.3 Å². The Bertz CT molecular complexity index is 317. The van der Waals surface area contributed by atoms with Crippen LogP contribution in [0.5, 0.6) is 0 Å². The van der Waals surface area contributed by atoms with Crippen molar-refractivity contribution in [1.82, 2.24) is 0 Å². The van der Waals surface area contributed by atoms with Gasteiger partial charge < -0.3 is 10.2 Å². The zero-order valence-electron chi connectivity index (χ0n) is 6.16. The molecule has 0 aromatic carbocycles. The normalized spacial score (nSPS) is 11.1. The first-order valence-electron chi connectivity index (χ1n) is 3.15. The third-order valence-electron chi connectivity index (χ3n) is 1.39. The van der Waals surface area contributed by atoms with Gasteiger partial charge in [0.25, 0.3) is 0 Å². The Kier molecular flexibility index (Phi) is 1.98. The van der Waals surface area contributed by atoms with Gasteiger partial charge in [0.15, 0.2) is 0 Å². The monoisotopic (exact) mass is 148 g/mol. The van der Waals surface area contributed by atoms with Gasteiger partial charge in [-0.25, -0.2) is 0 Å². The molecule has 3 heteroatoms. The van der Waals surface area contributed by atoms with Crippen LogP contribution in [0.3, 0.4) is 0 Å². The maximum atomic E-state index is 8.29. The van der Waals surface area contributed by atoms with E-state index in [1.165, 1.54) is 6.08 Å². The van der Waals surface area contributed by atoms with Crippen LogP contribution in [0.1, 0.15) is 11.3 Å². The van der Waals surface area contributed by atoms with Crippen LogP contribution in [0.25, 0.3) is 5.70 Å². The van der Waals surface area contributed by atoms with E-state index in [0.717, 1.165) is 11.3 Å². The van der Waals surface area contributed by atoms with E-state index in [1.807, 2.05) is 6.07 Å². The first kappa shape index (κ1) is 7.42. The summed E-state index contributed by atoms with van der Waals surface area (Å²) in [4.78, 5) is 0. The lowest BCUT2D eigenvalue weighted by atomic mass is 10.2. The topological polar surface area (TPSA) is 62.9 Å². The van der Waals surface area contributed by atoms with E-state index in [0.29, 0.717) is 5.70 Å². The SMILES string of the molecule is Cc1occc1/C(N)=C/C#N. The highest BCUT2D eigenvalue weighted by atomic mass is 16.3. The Morgan fingerprint density at radius 2 is 2.55 bits per heavy atom. The van der Waals surface area contributed by atoms with Gasteiger partial charge in [0.1, 0.15) is 5.76 Å². The minimum Gasteiger partial charge on any atom is -0.469 e. The van der Waals surface area contributed by atoms with E-state index in [2.05, 4.69) is 0 Å². The van der Waals surface area contributed by atoms with Crippen molar-refractivity contribution in [3.05, 3.63) is 29.7 Å². The van der Waals surface area contributed by atoms with E-state index in [9.17, 15) is 0 Å². The van der Waals surface area contributed by atoms with Gasteiger partial charge in [-0.3, -0.25) is 0 Å². The highest BCUT2D eigenvalue weighted by Crippen LogP contribution is 2.14. The van der Waals surface area contributed by atoms with Gasteiger partial charge in [-0.1, -0.05) is 0 Å². The molecule has 0 unspecified atom stereocenters. The molecule has 0 bridgehead atoms. The molecular formula is C8H8N2O. The van der Waals surface area contributed by atoms with Crippen molar-refractivity contribution in [1.29, 1.82) is 5.26 Å². The maximum absolute atomic E-state index is 8.29. The summed E-state index contributed by atoms with van der Waals surface area (Å²) in [6.07, 6.45) is 2.83. The van der Waals surface area contributed by atoms with E-state index in [4.69, 9.17) is 15.4 Å². The lowest BCUT2D eigenvalue weighted by Crippen LogP contribution is -1.95. The molecule has 0 radical (unpaired) electrons. The number of aryl methyl sites for hydroxylation is 1. The molecule has 0 saturated carbocycles. The average Bonchev–Trinajstić information content (AvgIpc) is 2.36. The molecule has 0 aliphatic rings. The van der Waals surface area contributed by atoms with Gasteiger partial charge in [0, 0.05) is 11.6 Å². The average molecular weight is 148 g/mol. The lowest BCUT2D eigenvalue weighted by molar-refractivity contribution is 0.533. The predicted octanol–water partition coefficient (Wildman–Crippen LogP) is 1.41. The minimum absolute atomic E-state index is 0.443. The summed E-state index contributed by atoms with van der Waals surface area (Å²) in [5, 5.41) is 8.29. The van der Waals surface area contributed by atoms with Crippen LogP contribution in [-0.2, 0) is 0 Å². The Hall–Kier alpha value is -1.69. The standard InChI is InChI=1S/C8H8N2O/c1-6-7(3-5-11-6)8(10)2-4-9/h2-3,5H,10H2,1H3/b8-2-. The maximum Gasteiger partial charge on any atom is 0.109 e. The third kappa shape index (κ3) is 1.41. The molecule has 0 spiro atoms. The molecule has 56 valence electrons. The number of furan rings is 1. The third-order valence-corrected chi connectivity index (χ3v) is 1.39. The summed E-state index contributed by atoms with van der Waals surface area (Å²) >= 11 is 0. The molecule has 1 heterocycles. The van der Waals surface area contributed by atoms with Crippen LogP contribution in [-0.4, -0.2) is 0 Å². The number of nitrogens with two attached hydrogens (primary N) is 1. The Balaban J connectivity index is 3.04. The first-order valence-corrected chi connectivity index (χ1v) is 3.15. The second-order valence-corrected chi connectivity index (χ2v) is 2.12. The van der Waals surface area contributed by atoms with Crippen LogP contribution >= 0.6 is 0 Å². The largest absolute Gasteiger partial charge is 0.469 e. The van der Waals surface area contributed by atoms with Crippen molar-refractivity contribution >= 4 is 5.70 Å². The van der Waals surface area contributed by atoms with Crippen LogP contribution in [0.2, 0.25) is 0 Å². The fraction of sp³-hybridized carbons (Fsp3) is 0.125. The quantitative estimate of drug-likeness (QED) is 0.612. The first-order chi connectivity index (χ1) is 5.25. The number of hydrogen-bond donors (Lipinski definition) is 1. The summed E-state index contributed by atoms with van der Waals surface area (Å²) in [6, 6.07) is 3.59. The van der Waals surface area contributed by atoms with Crippen molar-refractivity contribution in [3.8, 4) is 6.07 Å².